The lowest BCUT2D eigenvalue weighted by Crippen LogP contribution is -2.51. The van der Waals surface area contributed by atoms with Crippen LogP contribution in [0.2, 0.25) is 0 Å². The Kier molecular flexibility index (Phi) is 3.41. The number of allylic oxidation sites excluding steroid dienone is 1. The fourth-order valence-corrected chi connectivity index (χ4v) is 7.07. The highest BCUT2D eigenvalue weighted by atomic mass is 16.3. The second-order valence-electron chi connectivity index (χ2n) is 9.80. The summed E-state index contributed by atoms with van der Waals surface area (Å²) in [5.41, 5.74) is 1.58. The maximum Gasteiger partial charge on any atom is 0.123 e. The van der Waals surface area contributed by atoms with Crippen molar-refractivity contribution < 1.29 is 9.90 Å². The van der Waals surface area contributed by atoms with Crippen LogP contribution in [0.4, 0.5) is 0 Å². The third-order valence-corrected chi connectivity index (χ3v) is 8.62. The average molecular weight is 316 g/mol. The minimum absolute atomic E-state index is 0.255. The Labute approximate surface area is 140 Å². The molecule has 0 heterocycles. The van der Waals surface area contributed by atoms with Gasteiger partial charge in [0.1, 0.15) is 6.29 Å². The summed E-state index contributed by atoms with van der Waals surface area (Å²) in [6, 6.07) is 0. The van der Waals surface area contributed by atoms with Gasteiger partial charge in [-0.25, -0.2) is 0 Å². The number of hydrogen-bond acceptors (Lipinski definition) is 2. The molecule has 0 amide bonds. The highest BCUT2D eigenvalue weighted by Gasteiger charge is 2.59. The Morgan fingerprint density at radius 2 is 1.87 bits per heavy atom. The van der Waals surface area contributed by atoms with Crippen LogP contribution in [0.3, 0.4) is 0 Å². The fourth-order valence-electron chi connectivity index (χ4n) is 7.07. The minimum atomic E-state index is -0.503. The van der Waals surface area contributed by atoms with E-state index >= 15 is 0 Å². The predicted octanol–water partition coefficient (Wildman–Crippen LogP) is 4.52. The number of hydrogen-bond donors (Lipinski definition) is 1. The van der Waals surface area contributed by atoms with Crippen molar-refractivity contribution in [3.63, 3.8) is 0 Å². The summed E-state index contributed by atoms with van der Waals surface area (Å²) < 4.78 is 0. The normalized spacial score (nSPS) is 55.4. The van der Waals surface area contributed by atoms with E-state index in [9.17, 15) is 9.90 Å². The van der Waals surface area contributed by atoms with E-state index in [0.29, 0.717) is 11.3 Å². The van der Waals surface area contributed by atoms with Crippen molar-refractivity contribution >= 4 is 6.29 Å². The predicted molar refractivity (Wildman–Crippen MR) is 91.9 cm³/mol. The van der Waals surface area contributed by atoms with E-state index in [1.54, 1.807) is 0 Å². The monoisotopic (exact) mass is 316 g/mol. The van der Waals surface area contributed by atoms with E-state index in [0.717, 1.165) is 43.4 Å². The summed E-state index contributed by atoms with van der Waals surface area (Å²) in [4.78, 5) is 11.6. The zero-order valence-corrected chi connectivity index (χ0v) is 15.0. The van der Waals surface area contributed by atoms with Crippen LogP contribution in [-0.4, -0.2) is 17.0 Å². The van der Waals surface area contributed by atoms with Crippen LogP contribution in [0.25, 0.3) is 0 Å². The molecule has 4 aliphatic rings. The third-order valence-electron chi connectivity index (χ3n) is 8.62. The summed E-state index contributed by atoms with van der Waals surface area (Å²) in [5.74, 6) is 2.55. The zero-order valence-electron chi connectivity index (χ0n) is 15.0. The molecule has 1 N–H and O–H groups in total. The molecule has 7 atom stereocenters. The van der Waals surface area contributed by atoms with Crippen molar-refractivity contribution in [2.24, 2.45) is 34.5 Å². The topological polar surface area (TPSA) is 37.3 Å². The summed E-state index contributed by atoms with van der Waals surface area (Å²) in [6.45, 7) is 6.87. The molecule has 0 saturated heterocycles. The number of aliphatic hydroxyl groups is 1. The van der Waals surface area contributed by atoms with Crippen molar-refractivity contribution in [1.82, 2.24) is 0 Å². The summed E-state index contributed by atoms with van der Waals surface area (Å²) >= 11 is 0. The van der Waals surface area contributed by atoms with Crippen LogP contribution in [0.15, 0.2) is 11.6 Å². The molecule has 4 rings (SSSR count). The molecule has 3 fully saturated rings. The molecule has 0 radical (unpaired) electrons. The van der Waals surface area contributed by atoms with Crippen molar-refractivity contribution in [1.29, 1.82) is 0 Å². The molecule has 0 aromatic rings. The fraction of sp³-hybridized carbons (Fsp3) is 0.857. The Morgan fingerprint density at radius 1 is 1.09 bits per heavy atom. The van der Waals surface area contributed by atoms with Gasteiger partial charge in [-0.1, -0.05) is 25.5 Å². The van der Waals surface area contributed by atoms with E-state index < -0.39 is 5.60 Å². The van der Waals surface area contributed by atoms with E-state index in [-0.39, 0.29) is 5.41 Å². The molecule has 4 aliphatic carbocycles. The first-order chi connectivity index (χ1) is 10.8. The Hall–Kier alpha value is -0.630. The molecular weight excluding hydrogens is 284 g/mol. The van der Waals surface area contributed by atoms with Crippen molar-refractivity contribution in [3.8, 4) is 0 Å². The highest BCUT2D eigenvalue weighted by Crippen LogP contribution is 2.66. The first-order valence-corrected chi connectivity index (χ1v) is 9.67. The van der Waals surface area contributed by atoms with Gasteiger partial charge in [-0.05, 0) is 86.9 Å². The van der Waals surface area contributed by atoms with Gasteiger partial charge in [-0.3, -0.25) is 0 Å². The lowest BCUT2D eigenvalue weighted by molar-refractivity contribution is -0.118. The zero-order chi connectivity index (χ0) is 16.5. The molecule has 2 heteroatoms. The number of carbonyl (C=O) groups excluding carboxylic acids is 1. The smallest absolute Gasteiger partial charge is 0.123 e. The number of carbonyl (C=O) groups is 1. The molecule has 0 aromatic heterocycles. The Bertz CT molecular complexity index is 548. The van der Waals surface area contributed by atoms with Crippen LogP contribution in [0.1, 0.15) is 72.1 Å². The maximum absolute atomic E-state index is 11.6. The van der Waals surface area contributed by atoms with Crippen molar-refractivity contribution in [2.75, 3.05) is 0 Å². The highest BCUT2D eigenvalue weighted by molar-refractivity contribution is 5.56. The first-order valence-electron chi connectivity index (χ1n) is 9.67. The van der Waals surface area contributed by atoms with Gasteiger partial charge in [0.05, 0.1) is 5.60 Å². The molecular formula is C21H32O2. The molecule has 2 nitrogen and oxygen atoms in total. The molecule has 3 saturated carbocycles. The van der Waals surface area contributed by atoms with Gasteiger partial charge >= 0.3 is 0 Å². The average Bonchev–Trinajstić information content (AvgIpc) is 2.84. The second kappa shape index (κ2) is 4.94. The maximum atomic E-state index is 11.6. The standard InChI is InChI=1S/C21H32O2/c1-19(23)10-11-21(3)14(12-19)4-6-16-17-7-5-15(13-22)20(17,2)9-8-18(16)21/h4,13,15-18,23H,5-12H2,1-3H3. The van der Waals surface area contributed by atoms with Gasteiger partial charge in [0.25, 0.3) is 0 Å². The van der Waals surface area contributed by atoms with Crippen molar-refractivity contribution in [2.45, 2.75) is 77.7 Å². The van der Waals surface area contributed by atoms with Gasteiger partial charge in [-0.15, -0.1) is 0 Å². The summed E-state index contributed by atoms with van der Waals surface area (Å²) in [7, 11) is 0. The molecule has 0 aromatic carbocycles. The lowest BCUT2D eigenvalue weighted by Gasteiger charge is -2.58. The van der Waals surface area contributed by atoms with Gasteiger partial charge in [-0.2, -0.15) is 0 Å². The van der Waals surface area contributed by atoms with Gasteiger partial charge in [0, 0.05) is 5.92 Å². The molecule has 0 spiro atoms. The van der Waals surface area contributed by atoms with Crippen molar-refractivity contribution in [3.05, 3.63) is 11.6 Å². The number of aldehydes is 1. The summed E-state index contributed by atoms with van der Waals surface area (Å²) in [6.07, 6.45) is 12.7. The van der Waals surface area contributed by atoms with Crippen LogP contribution < -0.4 is 0 Å². The van der Waals surface area contributed by atoms with E-state index in [4.69, 9.17) is 0 Å². The van der Waals surface area contributed by atoms with Crippen LogP contribution in [0, 0.1) is 34.5 Å². The lowest BCUT2D eigenvalue weighted by atomic mass is 9.47. The van der Waals surface area contributed by atoms with Crippen LogP contribution in [0.5, 0.6) is 0 Å². The minimum Gasteiger partial charge on any atom is -0.390 e. The Morgan fingerprint density at radius 3 is 2.61 bits per heavy atom. The third kappa shape index (κ3) is 2.13. The van der Waals surface area contributed by atoms with E-state index in [1.165, 1.54) is 37.5 Å². The van der Waals surface area contributed by atoms with Gasteiger partial charge in [0.2, 0.25) is 0 Å². The van der Waals surface area contributed by atoms with Gasteiger partial charge in [0.15, 0.2) is 0 Å². The van der Waals surface area contributed by atoms with Crippen LogP contribution in [-0.2, 0) is 4.79 Å². The van der Waals surface area contributed by atoms with Gasteiger partial charge < -0.3 is 9.90 Å². The largest absolute Gasteiger partial charge is 0.390 e. The SMILES string of the molecule is CC1(O)CCC2(C)C(=CCC3C2CCC2(C)C(C=O)CCC32)C1. The summed E-state index contributed by atoms with van der Waals surface area (Å²) in [5, 5.41) is 10.5. The first kappa shape index (κ1) is 15.9. The molecule has 0 aliphatic heterocycles. The van der Waals surface area contributed by atoms with E-state index in [1.807, 2.05) is 6.92 Å². The van der Waals surface area contributed by atoms with Crippen LogP contribution >= 0.6 is 0 Å². The molecule has 7 unspecified atom stereocenters. The quantitative estimate of drug-likeness (QED) is 0.570. The van der Waals surface area contributed by atoms with E-state index in [2.05, 4.69) is 19.9 Å². The second-order valence-corrected chi connectivity index (χ2v) is 9.80. The molecule has 128 valence electrons. The Balaban J connectivity index is 1.67. The molecule has 0 bridgehead atoms. The molecule has 23 heavy (non-hydrogen) atoms. The number of fused-ring (bicyclic) bond motifs is 5. The number of rotatable bonds is 1.